The zero-order valence-corrected chi connectivity index (χ0v) is 13.3. The molecule has 0 saturated carbocycles. The van der Waals surface area contributed by atoms with Crippen LogP contribution in [0, 0.1) is 6.92 Å². The van der Waals surface area contributed by atoms with Crippen LogP contribution >= 0.6 is 15.9 Å². The summed E-state index contributed by atoms with van der Waals surface area (Å²) < 4.78 is 1.17. The Labute approximate surface area is 120 Å². The molecule has 0 saturated heterocycles. The second-order valence-electron chi connectivity index (χ2n) is 4.80. The van der Waals surface area contributed by atoms with Crippen molar-refractivity contribution >= 4 is 15.9 Å². The predicted octanol–water partition coefficient (Wildman–Crippen LogP) is 3.88. The molecule has 0 bridgehead atoms. The van der Waals surface area contributed by atoms with Crippen LogP contribution in [-0.4, -0.2) is 24.5 Å². The first-order valence-corrected chi connectivity index (χ1v) is 7.63. The van der Waals surface area contributed by atoms with E-state index in [1.54, 1.807) is 0 Å². The first-order chi connectivity index (χ1) is 8.63. The van der Waals surface area contributed by atoms with E-state index in [9.17, 15) is 0 Å². The van der Waals surface area contributed by atoms with E-state index in [1.807, 2.05) is 0 Å². The third kappa shape index (κ3) is 4.08. The Bertz CT molecular complexity index is 360. The van der Waals surface area contributed by atoms with Gasteiger partial charge < -0.3 is 5.73 Å². The second-order valence-corrected chi connectivity index (χ2v) is 5.65. The van der Waals surface area contributed by atoms with Crippen LogP contribution < -0.4 is 5.73 Å². The molecule has 0 radical (unpaired) electrons. The van der Waals surface area contributed by atoms with Gasteiger partial charge in [0.2, 0.25) is 0 Å². The Hall–Kier alpha value is -0.380. The minimum Gasteiger partial charge on any atom is -0.329 e. The normalized spacial score (nSPS) is 13.0. The molecule has 0 aliphatic heterocycles. The summed E-state index contributed by atoms with van der Waals surface area (Å²) in [5.74, 6) is 0. The highest BCUT2D eigenvalue weighted by molar-refractivity contribution is 9.10. The predicted molar refractivity (Wildman–Crippen MR) is 82.8 cm³/mol. The summed E-state index contributed by atoms with van der Waals surface area (Å²) >= 11 is 3.61. The number of nitrogens with zero attached hydrogens (tertiary/aromatic N) is 1. The van der Waals surface area contributed by atoms with Crippen molar-refractivity contribution in [2.45, 2.75) is 39.7 Å². The van der Waals surface area contributed by atoms with Gasteiger partial charge in [-0.1, -0.05) is 41.9 Å². The van der Waals surface area contributed by atoms with E-state index in [0.29, 0.717) is 12.6 Å². The molecule has 3 heteroatoms. The largest absolute Gasteiger partial charge is 0.329 e. The molecule has 0 aromatic heterocycles. The third-order valence-corrected chi connectivity index (χ3v) is 4.12. The molecular formula is C15H25BrN2. The van der Waals surface area contributed by atoms with Gasteiger partial charge in [0, 0.05) is 17.1 Å². The van der Waals surface area contributed by atoms with Gasteiger partial charge in [0.15, 0.2) is 0 Å². The van der Waals surface area contributed by atoms with E-state index in [1.165, 1.54) is 28.4 Å². The molecule has 1 aromatic rings. The van der Waals surface area contributed by atoms with Gasteiger partial charge in [-0.2, -0.15) is 0 Å². The SMILES string of the molecule is CCCN(CCC)C(CN)c1ccc(C)c(Br)c1. The molecule has 0 aliphatic carbocycles. The van der Waals surface area contributed by atoms with Gasteiger partial charge in [0.25, 0.3) is 0 Å². The van der Waals surface area contributed by atoms with E-state index in [2.05, 4.69) is 59.8 Å². The molecular weight excluding hydrogens is 288 g/mol. The summed E-state index contributed by atoms with van der Waals surface area (Å²) in [6, 6.07) is 6.92. The summed E-state index contributed by atoms with van der Waals surface area (Å²) in [7, 11) is 0. The van der Waals surface area contributed by atoms with Crippen LogP contribution in [0.5, 0.6) is 0 Å². The molecule has 18 heavy (non-hydrogen) atoms. The van der Waals surface area contributed by atoms with Crippen molar-refractivity contribution in [2.24, 2.45) is 5.73 Å². The van der Waals surface area contributed by atoms with Crippen LogP contribution in [0.4, 0.5) is 0 Å². The second kappa shape index (κ2) is 7.93. The molecule has 0 aliphatic rings. The van der Waals surface area contributed by atoms with Crippen molar-refractivity contribution in [2.75, 3.05) is 19.6 Å². The van der Waals surface area contributed by atoms with Gasteiger partial charge in [-0.05, 0) is 50.0 Å². The van der Waals surface area contributed by atoms with E-state index < -0.39 is 0 Å². The maximum Gasteiger partial charge on any atom is 0.0470 e. The van der Waals surface area contributed by atoms with Crippen molar-refractivity contribution < 1.29 is 0 Å². The Balaban J connectivity index is 2.94. The Morgan fingerprint density at radius 1 is 1.22 bits per heavy atom. The molecule has 1 aromatic carbocycles. The standard InChI is InChI=1S/C15H25BrN2/c1-4-8-18(9-5-2)15(11-17)13-7-6-12(3)14(16)10-13/h6-7,10,15H,4-5,8-9,11,17H2,1-3H3. The van der Waals surface area contributed by atoms with Crippen LogP contribution in [-0.2, 0) is 0 Å². The average Bonchev–Trinajstić information content (AvgIpc) is 2.35. The zero-order chi connectivity index (χ0) is 13.5. The Morgan fingerprint density at radius 2 is 1.83 bits per heavy atom. The lowest BCUT2D eigenvalue weighted by Gasteiger charge is -2.31. The minimum atomic E-state index is 0.335. The van der Waals surface area contributed by atoms with Gasteiger partial charge in [-0.25, -0.2) is 0 Å². The van der Waals surface area contributed by atoms with Crippen molar-refractivity contribution in [1.82, 2.24) is 4.90 Å². The molecule has 2 N–H and O–H groups in total. The highest BCUT2D eigenvalue weighted by atomic mass is 79.9. The number of halogens is 1. The fourth-order valence-electron chi connectivity index (χ4n) is 2.31. The number of rotatable bonds is 7. The smallest absolute Gasteiger partial charge is 0.0470 e. The van der Waals surface area contributed by atoms with E-state index in [4.69, 9.17) is 5.73 Å². The Kier molecular flexibility index (Phi) is 6.90. The lowest BCUT2D eigenvalue weighted by atomic mass is 10.0. The van der Waals surface area contributed by atoms with Crippen molar-refractivity contribution in [3.05, 3.63) is 33.8 Å². The highest BCUT2D eigenvalue weighted by Gasteiger charge is 2.18. The summed E-state index contributed by atoms with van der Waals surface area (Å²) in [6.07, 6.45) is 2.34. The highest BCUT2D eigenvalue weighted by Crippen LogP contribution is 2.25. The van der Waals surface area contributed by atoms with Crippen LogP contribution in [0.2, 0.25) is 0 Å². The van der Waals surface area contributed by atoms with Crippen molar-refractivity contribution in [3.8, 4) is 0 Å². The lowest BCUT2D eigenvalue weighted by Crippen LogP contribution is -2.35. The maximum absolute atomic E-state index is 6.00. The molecule has 1 rings (SSSR count). The summed E-state index contributed by atoms with van der Waals surface area (Å²) in [4.78, 5) is 2.50. The fourth-order valence-corrected chi connectivity index (χ4v) is 2.71. The lowest BCUT2D eigenvalue weighted by molar-refractivity contribution is 0.202. The van der Waals surface area contributed by atoms with E-state index >= 15 is 0 Å². The number of benzene rings is 1. The number of hydrogen-bond donors (Lipinski definition) is 1. The van der Waals surface area contributed by atoms with Crippen LogP contribution in [0.15, 0.2) is 22.7 Å². The quantitative estimate of drug-likeness (QED) is 0.828. The molecule has 0 spiro atoms. The van der Waals surface area contributed by atoms with Gasteiger partial charge in [0.1, 0.15) is 0 Å². The molecule has 102 valence electrons. The molecule has 1 atom stereocenters. The van der Waals surface area contributed by atoms with Crippen molar-refractivity contribution in [1.29, 1.82) is 0 Å². The monoisotopic (exact) mass is 312 g/mol. The molecule has 0 amide bonds. The van der Waals surface area contributed by atoms with Crippen LogP contribution in [0.3, 0.4) is 0 Å². The average molecular weight is 313 g/mol. The first kappa shape index (κ1) is 15.7. The molecule has 2 nitrogen and oxygen atoms in total. The van der Waals surface area contributed by atoms with Crippen molar-refractivity contribution in [3.63, 3.8) is 0 Å². The van der Waals surface area contributed by atoms with Gasteiger partial charge in [-0.3, -0.25) is 4.90 Å². The number of nitrogens with two attached hydrogens (primary N) is 1. The topological polar surface area (TPSA) is 29.3 Å². The van der Waals surface area contributed by atoms with Gasteiger partial charge in [0.05, 0.1) is 0 Å². The van der Waals surface area contributed by atoms with Gasteiger partial charge >= 0.3 is 0 Å². The summed E-state index contributed by atoms with van der Waals surface area (Å²) in [5, 5.41) is 0. The van der Waals surface area contributed by atoms with E-state index in [0.717, 1.165) is 13.1 Å². The van der Waals surface area contributed by atoms with E-state index in [-0.39, 0.29) is 0 Å². The maximum atomic E-state index is 6.00. The fraction of sp³-hybridized carbons (Fsp3) is 0.600. The van der Waals surface area contributed by atoms with Crippen LogP contribution in [0.1, 0.15) is 43.9 Å². The number of hydrogen-bond acceptors (Lipinski definition) is 2. The number of aryl methyl sites for hydroxylation is 1. The molecule has 1 unspecified atom stereocenters. The molecule has 0 heterocycles. The first-order valence-electron chi connectivity index (χ1n) is 6.84. The van der Waals surface area contributed by atoms with Crippen LogP contribution in [0.25, 0.3) is 0 Å². The minimum absolute atomic E-state index is 0.335. The zero-order valence-electron chi connectivity index (χ0n) is 11.7. The summed E-state index contributed by atoms with van der Waals surface area (Å²) in [5.41, 5.74) is 8.58. The molecule has 0 fully saturated rings. The van der Waals surface area contributed by atoms with Gasteiger partial charge in [-0.15, -0.1) is 0 Å². The Morgan fingerprint density at radius 3 is 2.28 bits per heavy atom. The summed E-state index contributed by atoms with van der Waals surface area (Å²) in [6.45, 7) is 9.46. The third-order valence-electron chi connectivity index (χ3n) is 3.27.